The van der Waals surface area contributed by atoms with Crippen LogP contribution < -0.4 is 0 Å². The van der Waals surface area contributed by atoms with Crippen molar-refractivity contribution in [3.05, 3.63) is 65.9 Å². The molecule has 0 spiro atoms. The number of aryl methyl sites for hydroxylation is 1. The minimum absolute atomic E-state index is 0.137. The van der Waals surface area contributed by atoms with Gasteiger partial charge in [-0.2, -0.15) is 0 Å². The third-order valence-electron chi connectivity index (χ3n) is 3.59. The highest BCUT2D eigenvalue weighted by molar-refractivity contribution is 7.90. The summed E-state index contributed by atoms with van der Waals surface area (Å²) in [6, 6.07) is 15.6. The normalized spacial score (nSPS) is 11.6. The maximum atomic E-state index is 13.1. The van der Waals surface area contributed by atoms with Crippen LogP contribution in [0.2, 0.25) is 0 Å². The molecule has 0 aliphatic heterocycles. The van der Waals surface area contributed by atoms with Gasteiger partial charge in [0, 0.05) is 5.39 Å². The topological polar surface area (TPSA) is 48.3 Å². The van der Waals surface area contributed by atoms with Crippen LogP contribution in [0.3, 0.4) is 0 Å². The zero-order chi connectivity index (χ0) is 16.6. The first-order valence-electron chi connectivity index (χ1n) is 6.96. The monoisotopic (exact) mass is 345 g/mol. The van der Waals surface area contributed by atoms with Crippen LogP contribution in [0.4, 0.5) is 0 Å². The molecule has 0 bridgehead atoms. The molecule has 0 aliphatic rings. The number of aromatic nitrogens is 1. The van der Waals surface area contributed by atoms with Gasteiger partial charge in [-0.15, -0.1) is 0 Å². The fraction of sp³-hybridized carbons (Fsp3) is 0.118. The predicted molar refractivity (Wildman–Crippen MR) is 94.4 cm³/mol. The molecule has 118 valence electrons. The summed E-state index contributed by atoms with van der Waals surface area (Å²) in [6.45, 7) is 1.96. The molecule has 0 saturated carbocycles. The fourth-order valence-corrected chi connectivity index (χ4v) is 4.25. The SMILES string of the molecule is COC(=S)c1cc2cc(C)ccc2n1S(=O)(=O)c1ccccc1. The molecular weight excluding hydrogens is 330 g/mol. The zero-order valence-electron chi connectivity index (χ0n) is 12.7. The van der Waals surface area contributed by atoms with E-state index in [1.165, 1.54) is 11.1 Å². The van der Waals surface area contributed by atoms with E-state index >= 15 is 0 Å². The lowest BCUT2D eigenvalue weighted by Gasteiger charge is -2.12. The summed E-state index contributed by atoms with van der Waals surface area (Å²) >= 11 is 5.19. The number of hydrogen-bond donors (Lipinski definition) is 0. The first-order chi connectivity index (χ1) is 10.9. The molecule has 0 N–H and O–H groups in total. The highest BCUT2D eigenvalue weighted by Crippen LogP contribution is 2.27. The summed E-state index contributed by atoms with van der Waals surface area (Å²) < 4.78 is 32.5. The molecule has 0 fully saturated rings. The molecule has 1 heterocycles. The lowest BCUT2D eigenvalue weighted by molar-refractivity contribution is 0.414. The number of hydrogen-bond acceptors (Lipinski definition) is 4. The molecule has 2 aromatic carbocycles. The second-order valence-electron chi connectivity index (χ2n) is 5.17. The van der Waals surface area contributed by atoms with Gasteiger partial charge in [-0.05, 0) is 49.5 Å². The molecule has 23 heavy (non-hydrogen) atoms. The average Bonchev–Trinajstić information content (AvgIpc) is 2.94. The number of methoxy groups -OCH3 is 1. The molecule has 0 unspecified atom stereocenters. The lowest BCUT2D eigenvalue weighted by Crippen LogP contribution is -2.18. The van der Waals surface area contributed by atoms with Gasteiger partial charge in [0.2, 0.25) is 5.05 Å². The molecule has 0 radical (unpaired) electrons. The van der Waals surface area contributed by atoms with E-state index < -0.39 is 10.0 Å². The van der Waals surface area contributed by atoms with Crippen molar-refractivity contribution in [2.75, 3.05) is 7.11 Å². The van der Waals surface area contributed by atoms with Crippen molar-refractivity contribution in [3.63, 3.8) is 0 Å². The Balaban J connectivity index is 2.37. The van der Waals surface area contributed by atoms with Crippen molar-refractivity contribution in [2.24, 2.45) is 0 Å². The van der Waals surface area contributed by atoms with Gasteiger partial charge in [-0.3, -0.25) is 0 Å². The van der Waals surface area contributed by atoms with Crippen LogP contribution in [0.25, 0.3) is 10.9 Å². The molecule has 4 nitrogen and oxygen atoms in total. The third-order valence-corrected chi connectivity index (χ3v) is 5.71. The molecule has 3 rings (SSSR count). The number of fused-ring (bicyclic) bond motifs is 1. The van der Waals surface area contributed by atoms with E-state index in [0.717, 1.165) is 10.9 Å². The molecule has 0 amide bonds. The first-order valence-corrected chi connectivity index (χ1v) is 8.81. The summed E-state index contributed by atoms with van der Waals surface area (Å²) in [5, 5.41) is 0.942. The molecule has 0 saturated heterocycles. The van der Waals surface area contributed by atoms with Gasteiger partial charge in [0.05, 0.1) is 17.5 Å². The number of ether oxygens (including phenoxy) is 1. The van der Waals surface area contributed by atoms with Crippen LogP contribution in [0.5, 0.6) is 0 Å². The van der Waals surface area contributed by atoms with Crippen molar-refractivity contribution >= 4 is 38.2 Å². The molecule has 0 aliphatic carbocycles. The molecule has 6 heteroatoms. The van der Waals surface area contributed by atoms with Gasteiger partial charge < -0.3 is 4.74 Å². The van der Waals surface area contributed by atoms with Gasteiger partial charge in [0.15, 0.2) is 0 Å². The number of benzene rings is 2. The summed E-state index contributed by atoms with van der Waals surface area (Å²) in [5.74, 6) is 0. The highest BCUT2D eigenvalue weighted by Gasteiger charge is 2.25. The van der Waals surface area contributed by atoms with E-state index in [4.69, 9.17) is 17.0 Å². The number of rotatable bonds is 3. The van der Waals surface area contributed by atoms with Crippen LogP contribution in [0.1, 0.15) is 11.3 Å². The second kappa shape index (κ2) is 5.79. The van der Waals surface area contributed by atoms with Crippen molar-refractivity contribution < 1.29 is 13.2 Å². The van der Waals surface area contributed by atoms with Gasteiger partial charge in [0.25, 0.3) is 10.0 Å². The van der Waals surface area contributed by atoms with Crippen LogP contribution in [-0.4, -0.2) is 24.6 Å². The minimum atomic E-state index is -3.77. The van der Waals surface area contributed by atoms with Crippen molar-refractivity contribution in [2.45, 2.75) is 11.8 Å². The summed E-state index contributed by atoms with van der Waals surface area (Å²) in [6.07, 6.45) is 0. The smallest absolute Gasteiger partial charge is 0.268 e. The van der Waals surface area contributed by atoms with Crippen LogP contribution in [-0.2, 0) is 14.8 Å². The Morgan fingerprint density at radius 2 is 1.78 bits per heavy atom. The van der Waals surface area contributed by atoms with E-state index in [2.05, 4.69) is 0 Å². The number of thiocarbonyl (C=S) groups is 1. The molecule has 3 aromatic rings. The summed E-state index contributed by atoms with van der Waals surface area (Å²) in [4.78, 5) is 0.207. The average molecular weight is 345 g/mol. The van der Waals surface area contributed by atoms with Crippen LogP contribution >= 0.6 is 12.2 Å². The van der Waals surface area contributed by atoms with Crippen LogP contribution in [0.15, 0.2) is 59.5 Å². The van der Waals surface area contributed by atoms with Gasteiger partial charge in [0.1, 0.15) is 5.69 Å². The second-order valence-corrected chi connectivity index (χ2v) is 7.32. The zero-order valence-corrected chi connectivity index (χ0v) is 14.3. The standard InChI is InChI=1S/C17H15NO3S2/c1-12-8-9-15-13(10-12)11-16(17(22)21-2)18(15)23(19,20)14-6-4-3-5-7-14/h3-11H,1-2H3. The number of nitrogens with zero attached hydrogens (tertiary/aromatic N) is 1. The first kappa shape index (κ1) is 15.7. The maximum Gasteiger partial charge on any atom is 0.268 e. The quantitative estimate of drug-likeness (QED) is 0.682. The maximum absolute atomic E-state index is 13.1. The van der Waals surface area contributed by atoms with Gasteiger partial charge in [-0.25, -0.2) is 12.4 Å². The van der Waals surface area contributed by atoms with Crippen molar-refractivity contribution in [1.29, 1.82) is 0 Å². The Hall–Kier alpha value is -2.18. The third kappa shape index (κ3) is 2.64. The Bertz CT molecular complexity index is 989. The van der Waals surface area contributed by atoms with Crippen LogP contribution in [0, 0.1) is 6.92 Å². The molecular formula is C17H15NO3S2. The molecule has 1 aromatic heterocycles. The van der Waals surface area contributed by atoms with Crippen molar-refractivity contribution in [1.82, 2.24) is 3.97 Å². The van der Waals surface area contributed by atoms with E-state index in [-0.39, 0.29) is 9.95 Å². The lowest BCUT2D eigenvalue weighted by atomic mass is 10.2. The van der Waals surface area contributed by atoms with Gasteiger partial charge >= 0.3 is 0 Å². The minimum Gasteiger partial charge on any atom is -0.485 e. The highest BCUT2D eigenvalue weighted by atomic mass is 32.2. The van der Waals surface area contributed by atoms with E-state index in [0.29, 0.717) is 11.2 Å². The van der Waals surface area contributed by atoms with E-state index in [1.54, 1.807) is 42.5 Å². The summed E-state index contributed by atoms with van der Waals surface area (Å²) in [7, 11) is -2.34. The Morgan fingerprint density at radius 1 is 1.09 bits per heavy atom. The van der Waals surface area contributed by atoms with Crippen molar-refractivity contribution in [3.8, 4) is 0 Å². The Labute approximate surface area is 140 Å². The summed E-state index contributed by atoms with van der Waals surface area (Å²) in [5.41, 5.74) is 1.97. The van der Waals surface area contributed by atoms with Gasteiger partial charge in [-0.1, -0.05) is 29.8 Å². The largest absolute Gasteiger partial charge is 0.485 e. The Kier molecular flexibility index (Phi) is 3.95. The predicted octanol–water partition coefficient (Wildman–Crippen LogP) is 3.51. The fourth-order valence-electron chi connectivity index (χ4n) is 2.51. The molecule has 0 atom stereocenters. The van der Waals surface area contributed by atoms with E-state index in [9.17, 15) is 8.42 Å². The van der Waals surface area contributed by atoms with E-state index in [1.807, 2.05) is 19.1 Å². The Morgan fingerprint density at radius 3 is 2.43 bits per heavy atom.